The number of pyridine rings is 1. The molecule has 1 N–H and O–H groups in total. The molecule has 0 aliphatic heterocycles. The summed E-state index contributed by atoms with van der Waals surface area (Å²) in [5, 5.41) is 7.19. The van der Waals surface area contributed by atoms with Gasteiger partial charge < -0.3 is 5.32 Å². The van der Waals surface area contributed by atoms with E-state index >= 15 is 0 Å². The van der Waals surface area contributed by atoms with E-state index in [1.165, 1.54) is 6.07 Å². The van der Waals surface area contributed by atoms with Crippen LogP contribution in [0.4, 0.5) is 10.2 Å². The van der Waals surface area contributed by atoms with Crippen molar-refractivity contribution in [2.24, 2.45) is 0 Å². The van der Waals surface area contributed by atoms with Crippen LogP contribution >= 0.6 is 0 Å². The van der Waals surface area contributed by atoms with Crippen LogP contribution < -0.4 is 5.32 Å². The van der Waals surface area contributed by atoms with E-state index < -0.39 is 0 Å². The molecule has 140 valence electrons. The molecule has 0 radical (unpaired) electrons. The van der Waals surface area contributed by atoms with E-state index in [1.807, 2.05) is 18.2 Å². The molecule has 4 aromatic rings. The second kappa shape index (κ2) is 7.19. The summed E-state index contributed by atoms with van der Waals surface area (Å²) in [7, 11) is 0. The number of carbonyl (C=O) groups is 1. The first kappa shape index (κ1) is 17.8. The highest BCUT2D eigenvalue weighted by Crippen LogP contribution is 2.33. The number of hydrogen-bond acceptors (Lipinski definition) is 4. The standard InChI is InChI=1S/C21H18FN5O/c1-3-19(28)25-17-12-15(8-10-23-17)21-20(14-6-7-16(22)13(2)11-14)26-18-5-4-9-24-27(18)21/h4-12H,3H2,1-2H3,(H,23,25,28). The molecule has 0 unspecified atom stereocenters. The molecule has 7 heteroatoms. The van der Waals surface area contributed by atoms with Crippen molar-refractivity contribution >= 4 is 17.4 Å². The summed E-state index contributed by atoms with van der Waals surface area (Å²) < 4.78 is 15.5. The number of aromatic nitrogens is 4. The molecule has 3 aromatic heterocycles. The van der Waals surface area contributed by atoms with Gasteiger partial charge in [-0.2, -0.15) is 5.10 Å². The first-order valence-electron chi connectivity index (χ1n) is 8.93. The Labute approximate surface area is 161 Å². The van der Waals surface area contributed by atoms with E-state index in [9.17, 15) is 9.18 Å². The highest BCUT2D eigenvalue weighted by molar-refractivity contribution is 5.90. The van der Waals surface area contributed by atoms with Gasteiger partial charge in [0.25, 0.3) is 0 Å². The minimum Gasteiger partial charge on any atom is -0.311 e. The van der Waals surface area contributed by atoms with Crippen LogP contribution in [-0.2, 0) is 4.79 Å². The van der Waals surface area contributed by atoms with E-state index in [2.05, 4.69) is 15.4 Å². The third-order valence-corrected chi connectivity index (χ3v) is 4.45. The van der Waals surface area contributed by atoms with Gasteiger partial charge in [-0.1, -0.05) is 6.92 Å². The number of anilines is 1. The van der Waals surface area contributed by atoms with Crippen molar-refractivity contribution in [3.63, 3.8) is 0 Å². The van der Waals surface area contributed by atoms with Crippen molar-refractivity contribution in [3.05, 3.63) is 66.2 Å². The fourth-order valence-corrected chi connectivity index (χ4v) is 3.02. The van der Waals surface area contributed by atoms with Crippen molar-refractivity contribution in [2.75, 3.05) is 5.32 Å². The molecule has 0 spiro atoms. The Hall–Kier alpha value is -3.61. The number of imidazole rings is 1. The van der Waals surface area contributed by atoms with E-state index in [0.717, 1.165) is 16.8 Å². The SMILES string of the molecule is CCC(=O)Nc1cc(-c2c(-c3ccc(F)c(C)c3)nc3cccnn23)ccn1. The van der Waals surface area contributed by atoms with Crippen LogP contribution in [0.1, 0.15) is 18.9 Å². The zero-order valence-electron chi connectivity index (χ0n) is 15.5. The van der Waals surface area contributed by atoms with Gasteiger partial charge in [-0.15, -0.1) is 0 Å². The van der Waals surface area contributed by atoms with Crippen molar-refractivity contribution < 1.29 is 9.18 Å². The lowest BCUT2D eigenvalue weighted by atomic mass is 10.0. The molecule has 3 heterocycles. The fourth-order valence-electron chi connectivity index (χ4n) is 3.02. The van der Waals surface area contributed by atoms with E-state index in [4.69, 9.17) is 4.98 Å². The number of aryl methyl sites for hydroxylation is 1. The first-order valence-corrected chi connectivity index (χ1v) is 8.93. The van der Waals surface area contributed by atoms with Crippen LogP contribution in [0, 0.1) is 12.7 Å². The smallest absolute Gasteiger partial charge is 0.225 e. The molecule has 0 aliphatic carbocycles. The number of rotatable bonds is 4. The van der Waals surface area contributed by atoms with Gasteiger partial charge >= 0.3 is 0 Å². The number of benzene rings is 1. The number of fused-ring (bicyclic) bond motifs is 1. The van der Waals surface area contributed by atoms with Gasteiger partial charge in [-0.05, 0) is 55.0 Å². The summed E-state index contributed by atoms with van der Waals surface area (Å²) >= 11 is 0. The van der Waals surface area contributed by atoms with Gasteiger partial charge in [-0.3, -0.25) is 4.79 Å². The number of nitrogens with one attached hydrogen (secondary N) is 1. The fraction of sp³-hybridized carbons (Fsp3) is 0.143. The Morgan fingerprint density at radius 1 is 1.14 bits per heavy atom. The predicted molar refractivity (Wildman–Crippen MR) is 105 cm³/mol. The molecule has 0 atom stereocenters. The van der Waals surface area contributed by atoms with E-state index in [0.29, 0.717) is 29.1 Å². The second-order valence-electron chi connectivity index (χ2n) is 6.40. The zero-order chi connectivity index (χ0) is 19.7. The molecule has 4 rings (SSSR count). The monoisotopic (exact) mass is 375 g/mol. The Morgan fingerprint density at radius 2 is 2.00 bits per heavy atom. The van der Waals surface area contributed by atoms with Gasteiger partial charge in [-0.25, -0.2) is 18.9 Å². The molecule has 6 nitrogen and oxygen atoms in total. The van der Waals surface area contributed by atoms with Crippen molar-refractivity contribution in [2.45, 2.75) is 20.3 Å². The molecular weight excluding hydrogens is 357 g/mol. The highest BCUT2D eigenvalue weighted by atomic mass is 19.1. The summed E-state index contributed by atoms with van der Waals surface area (Å²) in [4.78, 5) is 20.7. The van der Waals surface area contributed by atoms with Crippen molar-refractivity contribution in [3.8, 4) is 22.5 Å². The third-order valence-electron chi connectivity index (χ3n) is 4.45. The molecule has 1 amide bonds. The normalized spacial score (nSPS) is 11.0. The van der Waals surface area contributed by atoms with Gasteiger partial charge in [0, 0.05) is 29.9 Å². The lowest BCUT2D eigenvalue weighted by Gasteiger charge is -2.08. The van der Waals surface area contributed by atoms with E-state index in [1.54, 1.807) is 49.0 Å². The highest BCUT2D eigenvalue weighted by Gasteiger charge is 2.18. The summed E-state index contributed by atoms with van der Waals surface area (Å²) in [6.45, 7) is 3.50. The van der Waals surface area contributed by atoms with Gasteiger partial charge in [0.15, 0.2) is 5.65 Å². The summed E-state index contributed by atoms with van der Waals surface area (Å²) in [5.74, 6) is 0.0763. The average Bonchev–Trinajstić information content (AvgIpc) is 3.09. The molecular formula is C21H18FN5O. The van der Waals surface area contributed by atoms with Crippen LogP contribution in [0.2, 0.25) is 0 Å². The molecule has 0 aliphatic rings. The maximum Gasteiger partial charge on any atom is 0.225 e. The molecule has 0 fully saturated rings. The van der Waals surface area contributed by atoms with Crippen LogP contribution in [0.25, 0.3) is 28.2 Å². The molecule has 0 bridgehead atoms. The second-order valence-corrected chi connectivity index (χ2v) is 6.40. The van der Waals surface area contributed by atoms with Crippen LogP contribution in [0.5, 0.6) is 0 Å². The molecule has 28 heavy (non-hydrogen) atoms. The first-order chi connectivity index (χ1) is 13.6. The minimum absolute atomic E-state index is 0.115. The Morgan fingerprint density at radius 3 is 2.79 bits per heavy atom. The summed E-state index contributed by atoms with van der Waals surface area (Å²) in [5.41, 5.74) is 4.22. The molecule has 0 saturated carbocycles. The van der Waals surface area contributed by atoms with Crippen LogP contribution in [0.15, 0.2) is 54.9 Å². The van der Waals surface area contributed by atoms with Crippen LogP contribution in [0.3, 0.4) is 0 Å². The Kier molecular flexibility index (Phi) is 4.57. The van der Waals surface area contributed by atoms with Gasteiger partial charge in [0.1, 0.15) is 17.3 Å². The van der Waals surface area contributed by atoms with Crippen molar-refractivity contribution in [1.29, 1.82) is 0 Å². The van der Waals surface area contributed by atoms with Gasteiger partial charge in [0.05, 0.1) is 5.69 Å². The van der Waals surface area contributed by atoms with E-state index in [-0.39, 0.29) is 11.7 Å². The number of hydrogen-bond donors (Lipinski definition) is 1. The summed E-state index contributed by atoms with van der Waals surface area (Å²) in [6, 6.07) is 12.2. The van der Waals surface area contributed by atoms with Crippen LogP contribution in [-0.4, -0.2) is 25.5 Å². The number of carbonyl (C=O) groups excluding carboxylic acids is 1. The van der Waals surface area contributed by atoms with Crippen molar-refractivity contribution in [1.82, 2.24) is 19.6 Å². The zero-order valence-corrected chi connectivity index (χ0v) is 15.5. The topological polar surface area (TPSA) is 72.2 Å². The van der Waals surface area contributed by atoms with Gasteiger partial charge in [0.2, 0.25) is 5.91 Å². The number of amides is 1. The largest absolute Gasteiger partial charge is 0.311 e. The summed E-state index contributed by atoms with van der Waals surface area (Å²) in [6.07, 6.45) is 3.67. The maximum atomic E-state index is 13.8. The number of halogens is 1. The predicted octanol–water partition coefficient (Wildman–Crippen LogP) is 4.25. The average molecular weight is 375 g/mol. The Bertz CT molecular complexity index is 1180. The lowest BCUT2D eigenvalue weighted by Crippen LogP contribution is -2.10. The quantitative estimate of drug-likeness (QED) is 0.579. The lowest BCUT2D eigenvalue weighted by molar-refractivity contribution is -0.115. The number of nitrogens with zero attached hydrogens (tertiary/aromatic N) is 4. The Balaban J connectivity index is 1.92. The third kappa shape index (κ3) is 3.22. The molecule has 0 saturated heterocycles. The minimum atomic E-state index is -0.263. The maximum absolute atomic E-state index is 13.8. The molecule has 1 aromatic carbocycles.